The average molecular weight is 825 g/mol. The monoisotopic (exact) mass is 824 g/mol. The Morgan fingerprint density at radius 2 is 1.76 bits per heavy atom. The fourth-order valence-corrected chi connectivity index (χ4v) is 8.49. The summed E-state index contributed by atoms with van der Waals surface area (Å²) >= 11 is 6.59. The Morgan fingerprint density at radius 1 is 0.983 bits per heavy atom. The minimum absolute atomic E-state index is 0.0605. The molecule has 4 aromatic heterocycles. The van der Waals surface area contributed by atoms with E-state index >= 15 is 0 Å². The number of carbonyl (C=O) groups excluding carboxylic acids is 3. The van der Waals surface area contributed by atoms with Crippen molar-refractivity contribution in [3.05, 3.63) is 63.8 Å². The third-order valence-corrected chi connectivity index (χ3v) is 11.8. The van der Waals surface area contributed by atoms with Gasteiger partial charge in [-0.15, -0.1) is 0 Å². The quantitative estimate of drug-likeness (QED) is 0.164. The predicted octanol–water partition coefficient (Wildman–Crippen LogP) is 3.73. The first-order chi connectivity index (χ1) is 28.4. The van der Waals surface area contributed by atoms with Crippen LogP contribution in [0.3, 0.4) is 0 Å². The van der Waals surface area contributed by atoms with Crippen molar-refractivity contribution in [2.75, 3.05) is 74.6 Å². The number of aryl methyl sites for hydroxylation is 1. The number of aromatic nitrogens is 6. The van der Waals surface area contributed by atoms with Crippen molar-refractivity contribution in [1.82, 2.24) is 44.8 Å². The number of anilines is 4. The van der Waals surface area contributed by atoms with Crippen molar-refractivity contribution in [1.29, 1.82) is 0 Å². The zero-order chi connectivity index (χ0) is 41.4. The lowest BCUT2D eigenvalue weighted by Crippen LogP contribution is -2.49. The summed E-state index contributed by atoms with van der Waals surface area (Å²) < 4.78 is 8.98. The summed E-state index contributed by atoms with van der Waals surface area (Å²) in [5.74, 6) is 0.425. The Bertz CT molecular complexity index is 2470. The van der Waals surface area contributed by atoms with Crippen LogP contribution in [0.4, 0.5) is 23.1 Å². The van der Waals surface area contributed by atoms with Crippen LogP contribution in [0.5, 0.6) is 5.75 Å². The number of likely N-dealkylation sites (N-methyl/N-ethyl adjacent to an activating group) is 1. The standard InChI is InChI=1S/C41H49ClN12O5/c1-24(2)54-38-26(18-33(40(54)58)59-23-35(56)43-3)17-27(20-44-38)46-37-31(42)21-45-41(48-37)53-11-9-25(10-12-53)22-51-13-15-52(16-14-51)28-5-6-29-32(19-28)50(4)49-36(29)30-7-8-34(55)47-39(30)57/h5-6,17-21,24-25,30H,7-16,22-23H2,1-4H3,(H,43,56)(H,45,46,48)(H,47,55,57). The number of nitrogens with zero attached hydrogens (tertiary/aromatic N) is 9. The number of halogens is 1. The highest BCUT2D eigenvalue weighted by Crippen LogP contribution is 2.33. The third kappa shape index (κ3) is 8.39. The van der Waals surface area contributed by atoms with Gasteiger partial charge in [-0.2, -0.15) is 10.1 Å². The van der Waals surface area contributed by atoms with E-state index < -0.39 is 5.92 Å². The SMILES string of the molecule is CNC(=O)COc1cc2cc(Nc3nc(N4CCC(CN5CCN(c6ccc7c(C8CCC(=O)NC8=O)nn(C)c7c6)CC5)CC4)ncc3Cl)cnc2n(C(C)C)c1=O. The topological polar surface area (TPSA) is 185 Å². The van der Waals surface area contributed by atoms with Crippen molar-refractivity contribution < 1.29 is 19.1 Å². The number of hydrogen-bond acceptors (Lipinski definition) is 13. The predicted molar refractivity (Wildman–Crippen MR) is 226 cm³/mol. The number of nitrogens with one attached hydrogen (secondary N) is 3. The van der Waals surface area contributed by atoms with Gasteiger partial charge in [-0.25, -0.2) is 9.97 Å². The Kier molecular flexibility index (Phi) is 11.4. The van der Waals surface area contributed by atoms with E-state index in [2.05, 4.69) is 58.8 Å². The van der Waals surface area contributed by atoms with Gasteiger partial charge in [0.1, 0.15) is 10.7 Å². The number of ether oxygens (including phenoxy) is 1. The van der Waals surface area contributed by atoms with E-state index in [4.69, 9.17) is 26.4 Å². The van der Waals surface area contributed by atoms with Gasteiger partial charge in [0.05, 0.1) is 35.2 Å². The molecule has 3 fully saturated rings. The minimum Gasteiger partial charge on any atom is -0.478 e. The number of fused-ring (bicyclic) bond motifs is 2. The van der Waals surface area contributed by atoms with Crippen molar-refractivity contribution in [3.63, 3.8) is 0 Å². The maximum atomic E-state index is 13.2. The molecule has 3 N–H and O–H groups in total. The molecule has 3 aliphatic heterocycles. The van der Waals surface area contributed by atoms with E-state index in [1.54, 1.807) is 23.0 Å². The molecular formula is C41H49ClN12O5. The lowest BCUT2D eigenvalue weighted by atomic mass is 9.93. The van der Waals surface area contributed by atoms with E-state index in [1.807, 2.05) is 31.6 Å². The van der Waals surface area contributed by atoms with E-state index in [0.717, 1.165) is 80.9 Å². The number of imide groups is 1. The highest BCUT2D eigenvalue weighted by Gasteiger charge is 2.32. The van der Waals surface area contributed by atoms with Gasteiger partial charge in [0.25, 0.3) is 11.5 Å². The van der Waals surface area contributed by atoms with Crippen molar-refractivity contribution in [2.45, 2.75) is 51.5 Å². The average Bonchev–Trinajstić information content (AvgIpc) is 3.56. The molecule has 1 atom stereocenters. The fourth-order valence-electron chi connectivity index (χ4n) is 8.35. The van der Waals surface area contributed by atoms with Gasteiger partial charge in [0, 0.05) is 88.8 Å². The molecule has 17 nitrogen and oxygen atoms in total. The van der Waals surface area contributed by atoms with Crippen LogP contribution in [0.25, 0.3) is 21.9 Å². The number of piperazine rings is 1. The summed E-state index contributed by atoms with van der Waals surface area (Å²) in [7, 11) is 3.41. The van der Waals surface area contributed by atoms with E-state index in [9.17, 15) is 19.2 Å². The van der Waals surface area contributed by atoms with Gasteiger partial charge in [0.2, 0.25) is 17.8 Å². The number of hydrogen-bond donors (Lipinski definition) is 3. The van der Waals surface area contributed by atoms with Crippen LogP contribution in [-0.2, 0) is 21.4 Å². The Balaban J connectivity index is 0.862. The number of carbonyl (C=O) groups is 3. The third-order valence-electron chi connectivity index (χ3n) is 11.6. The molecule has 18 heteroatoms. The van der Waals surface area contributed by atoms with Crippen molar-refractivity contribution >= 4 is 74.4 Å². The molecule has 3 amide bonds. The van der Waals surface area contributed by atoms with E-state index in [-0.39, 0.29) is 41.7 Å². The molecule has 5 aromatic rings. The molecule has 7 heterocycles. The zero-order valence-corrected chi connectivity index (χ0v) is 34.5. The molecule has 0 aliphatic carbocycles. The summed E-state index contributed by atoms with van der Waals surface area (Å²) in [5, 5.41) is 14.9. The lowest BCUT2D eigenvalue weighted by molar-refractivity contribution is -0.134. The number of pyridine rings is 2. The van der Waals surface area contributed by atoms with Crippen LogP contribution in [0.1, 0.15) is 57.2 Å². The van der Waals surface area contributed by atoms with Gasteiger partial charge < -0.3 is 25.2 Å². The second-order valence-corrected chi connectivity index (χ2v) is 16.2. The molecule has 310 valence electrons. The van der Waals surface area contributed by atoms with Crippen molar-refractivity contribution in [3.8, 4) is 5.75 Å². The van der Waals surface area contributed by atoms with Crippen molar-refractivity contribution in [2.24, 2.45) is 13.0 Å². The van der Waals surface area contributed by atoms with Gasteiger partial charge in [-0.3, -0.25) is 38.6 Å². The molecule has 59 heavy (non-hydrogen) atoms. The first-order valence-corrected chi connectivity index (χ1v) is 20.5. The van der Waals surface area contributed by atoms with Crippen LogP contribution in [0, 0.1) is 5.92 Å². The van der Waals surface area contributed by atoms with E-state index in [0.29, 0.717) is 52.3 Å². The Morgan fingerprint density at radius 3 is 2.49 bits per heavy atom. The van der Waals surface area contributed by atoms with E-state index in [1.165, 1.54) is 7.05 Å². The van der Waals surface area contributed by atoms with Crippen LogP contribution in [0.2, 0.25) is 5.02 Å². The molecule has 1 unspecified atom stereocenters. The lowest BCUT2D eigenvalue weighted by Gasteiger charge is -2.39. The van der Waals surface area contributed by atoms with Gasteiger partial charge in [-0.05, 0) is 69.4 Å². The second-order valence-electron chi connectivity index (χ2n) is 15.8. The Labute approximate surface area is 346 Å². The molecule has 3 saturated heterocycles. The maximum Gasteiger partial charge on any atom is 0.294 e. The molecule has 0 radical (unpaired) electrons. The molecule has 0 spiro atoms. The first-order valence-electron chi connectivity index (χ1n) is 20.2. The molecular weight excluding hydrogens is 776 g/mol. The summed E-state index contributed by atoms with van der Waals surface area (Å²) in [5.41, 5.74) is 3.61. The molecule has 3 aliphatic rings. The molecule has 1 aromatic carbocycles. The van der Waals surface area contributed by atoms with Crippen LogP contribution < -0.4 is 36.0 Å². The number of benzene rings is 1. The van der Waals surface area contributed by atoms with Gasteiger partial charge >= 0.3 is 0 Å². The normalized spacial score (nSPS) is 18.2. The zero-order valence-electron chi connectivity index (χ0n) is 33.7. The van der Waals surface area contributed by atoms with Gasteiger partial charge in [0.15, 0.2) is 18.2 Å². The molecule has 8 rings (SSSR count). The maximum absolute atomic E-state index is 13.2. The van der Waals surface area contributed by atoms with Crippen LogP contribution in [0.15, 0.2) is 47.5 Å². The highest BCUT2D eigenvalue weighted by atomic mass is 35.5. The second kappa shape index (κ2) is 16.8. The summed E-state index contributed by atoms with van der Waals surface area (Å²) in [6.45, 7) is 10.0. The van der Waals surface area contributed by atoms with Gasteiger partial charge in [-0.1, -0.05) is 11.6 Å². The minimum atomic E-state index is -0.417. The molecule has 0 saturated carbocycles. The summed E-state index contributed by atoms with van der Waals surface area (Å²) in [6, 6.07) is 9.60. The number of rotatable bonds is 11. The largest absolute Gasteiger partial charge is 0.478 e. The summed E-state index contributed by atoms with van der Waals surface area (Å²) in [4.78, 5) is 70.5. The van der Waals surface area contributed by atoms with Crippen LogP contribution in [-0.4, -0.2) is 111 Å². The first kappa shape index (κ1) is 40.0. The number of amides is 3. The Hall–Kier alpha value is -5.81. The number of piperidine rings is 2. The summed E-state index contributed by atoms with van der Waals surface area (Å²) in [6.07, 6.45) is 6.10. The highest BCUT2D eigenvalue weighted by molar-refractivity contribution is 6.33. The smallest absolute Gasteiger partial charge is 0.294 e. The van der Waals surface area contributed by atoms with Crippen LogP contribution >= 0.6 is 11.6 Å². The molecule has 0 bridgehead atoms. The fraction of sp³-hybridized carbons (Fsp3) is 0.463.